The Balaban J connectivity index is 1.44. The highest BCUT2D eigenvalue weighted by Gasteiger charge is 2.18. The lowest BCUT2D eigenvalue weighted by Gasteiger charge is -2.19. The number of fused-ring (bicyclic) bond motifs is 2. The molecule has 0 radical (unpaired) electrons. The normalized spacial score (nSPS) is 11.3. The number of aryl methyl sites for hydroxylation is 2. The van der Waals surface area contributed by atoms with Crippen molar-refractivity contribution < 1.29 is 0 Å². The molecule has 218 valence electrons. The van der Waals surface area contributed by atoms with Gasteiger partial charge in [0.1, 0.15) is 0 Å². The molecule has 0 aliphatic carbocycles. The van der Waals surface area contributed by atoms with Gasteiger partial charge in [0.05, 0.1) is 11.4 Å². The first-order valence-electron chi connectivity index (χ1n) is 15.7. The van der Waals surface area contributed by atoms with E-state index in [4.69, 9.17) is 9.97 Å². The summed E-state index contributed by atoms with van der Waals surface area (Å²) < 4.78 is 0. The zero-order valence-electron chi connectivity index (χ0n) is 25.9. The Labute approximate surface area is 269 Å². The predicted octanol–water partition coefficient (Wildman–Crippen LogP) is 11.7. The Bertz CT molecular complexity index is 2390. The zero-order chi connectivity index (χ0) is 31.0. The van der Waals surface area contributed by atoms with E-state index in [1.165, 1.54) is 66.1 Å². The molecule has 0 unspecified atom stereocenters. The first kappa shape index (κ1) is 27.7. The van der Waals surface area contributed by atoms with E-state index in [0.29, 0.717) is 0 Å². The Morgan fingerprint density at radius 3 is 1.37 bits per heavy atom. The third-order valence-electron chi connectivity index (χ3n) is 8.86. The summed E-state index contributed by atoms with van der Waals surface area (Å²) in [6.45, 7) is 4.23. The van der Waals surface area contributed by atoms with Crippen molar-refractivity contribution in [3.8, 4) is 55.9 Å². The Morgan fingerprint density at radius 1 is 0.326 bits per heavy atom. The molecule has 0 N–H and O–H groups in total. The number of nitrogens with zero attached hydrogens (tertiary/aromatic N) is 2. The van der Waals surface area contributed by atoms with Gasteiger partial charge in [0.2, 0.25) is 0 Å². The van der Waals surface area contributed by atoms with Crippen molar-refractivity contribution in [1.29, 1.82) is 0 Å². The van der Waals surface area contributed by atoms with E-state index in [1.807, 2.05) is 24.5 Å². The van der Waals surface area contributed by atoms with Crippen LogP contribution < -0.4 is 0 Å². The maximum atomic E-state index is 4.71. The summed E-state index contributed by atoms with van der Waals surface area (Å²) in [4.78, 5) is 9.41. The van der Waals surface area contributed by atoms with Crippen molar-refractivity contribution in [1.82, 2.24) is 9.97 Å². The number of benzene rings is 6. The summed E-state index contributed by atoms with van der Waals surface area (Å²) in [5.74, 6) is 0. The predicted molar refractivity (Wildman–Crippen MR) is 194 cm³/mol. The van der Waals surface area contributed by atoms with Gasteiger partial charge in [-0.2, -0.15) is 0 Å². The molecule has 0 aliphatic heterocycles. The molecule has 0 aliphatic rings. The fourth-order valence-corrected chi connectivity index (χ4v) is 6.67. The molecule has 6 aromatic carbocycles. The van der Waals surface area contributed by atoms with Crippen molar-refractivity contribution in [3.63, 3.8) is 0 Å². The van der Waals surface area contributed by atoms with Gasteiger partial charge in [0, 0.05) is 23.5 Å². The molecule has 0 spiro atoms. The molecule has 0 fully saturated rings. The van der Waals surface area contributed by atoms with Crippen molar-refractivity contribution in [2.75, 3.05) is 0 Å². The van der Waals surface area contributed by atoms with Gasteiger partial charge in [-0.25, -0.2) is 0 Å². The van der Waals surface area contributed by atoms with Crippen molar-refractivity contribution >= 4 is 21.5 Å². The monoisotopic (exact) mass is 588 g/mol. The lowest BCUT2D eigenvalue weighted by molar-refractivity contribution is 1.29. The molecule has 8 aromatic rings. The third kappa shape index (κ3) is 5.04. The molecule has 0 saturated heterocycles. The second-order valence-corrected chi connectivity index (χ2v) is 12.0. The van der Waals surface area contributed by atoms with Gasteiger partial charge in [-0.15, -0.1) is 0 Å². The maximum Gasteiger partial charge on any atom is 0.0704 e. The molecule has 2 aromatic heterocycles. The first-order valence-corrected chi connectivity index (χ1v) is 15.7. The first-order chi connectivity index (χ1) is 22.6. The minimum absolute atomic E-state index is 0.985. The summed E-state index contributed by atoms with van der Waals surface area (Å²) in [6.07, 6.45) is 3.78. The SMILES string of the molecule is Cc1ccnc(-c2cccc(-c3c4ccccc4c(-c4cccc(-c5cc(C)ccn5)c4)c4cc(-c5ccccc5)ccc34)c2)c1. The summed E-state index contributed by atoms with van der Waals surface area (Å²) >= 11 is 0. The van der Waals surface area contributed by atoms with Crippen molar-refractivity contribution in [2.24, 2.45) is 0 Å². The van der Waals surface area contributed by atoms with Crippen molar-refractivity contribution in [2.45, 2.75) is 13.8 Å². The van der Waals surface area contributed by atoms with E-state index in [9.17, 15) is 0 Å². The molecule has 0 saturated carbocycles. The van der Waals surface area contributed by atoms with E-state index >= 15 is 0 Å². The maximum absolute atomic E-state index is 4.71. The second-order valence-electron chi connectivity index (χ2n) is 12.0. The molecule has 2 nitrogen and oxygen atoms in total. The topological polar surface area (TPSA) is 25.8 Å². The van der Waals surface area contributed by atoms with Crippen LogP contribution in [0.25, 0.3) is 77.4 Å². The molecule has 0 atom stereocenters. The summed E-state index contributed by atoms with van der Waals surface area (Å²) in [5, 5.41) is 4.90. The summed E-state index contributed by atoms with van der Waals surface area (Å²) in [6, 6.07) is 52.5. The molecule has 46 heavy (non-hydrogen) atoms. The third-order valence-corrected chi connectivity index (χ3v) is 8.86. The van der Waals surface area contributed by atoms with Crippen LogP contribution in [0, 0.1) is 13.8 Å². The molecule has 2 heteroatoms. The number of pyridine rings is 2. The Hall–Kier alpha value is -5.86. The highest BCUT2D eigenvalue weighted by atomic mass is 14.7. The van der Waals surface area contributed by atoms with Crippen LogP contribution in [0.15, 0.2) is 158 Å². The van der Waals surface area contributed by atoms with Crippen LogP contribution in [0.4, 0.5) is 0 Å². The second kappa shape index (κ2) is 11.6. The van der Waals surface area contributed by atoms with E-state index in [1.54, 1.807) is 0 Å². The van der Waals surface area contributed by atoms with E-state index in [-0.39, 0.29) is 0 Å². The molecule has 2 heterocycles. The summed E-state index contributed by atoms with van der Waals surface area (Å²) in [7, 11) is 0. The van der Waals surface area contributed by atoms with Gasteiger partial charge in [-0.05, 0) is 122 Å². The number of hydrogen-bond donors (Lipinski definition) is 0. The molecule has 0 bridgehead atoms. The Morgan fingerprint density at radius 2 is 0.804 bits per heavy atom. The number of aromatic nitrogens is 2. The van der Waals surface area contributed by atoms with Gasteiger partial charge in [-0.1, -0.05) is 103 Å². The van der Waals surface area contributed by atoms with Crippen LogP contribution in [0.5, 0.6) is 0 Å². The smallest absolute Gasteiger partial charge is 0.0704 e. The number of rotatable bonds is 5. The van der Waals surface area contributed by atoms with Gasteiger partial charge in [0.15, 0.2) is 0 Å². The average molecular weight is 589 g/mol. The van der Waals surface area contributed by atoms with Crippen LogP contribution >= 0.6 is 0 Å². The van der Waals surface area contributed by atoms with E-state index in [0.717, 1.165) is 22.5 Å². The van der Waals surface area contributed by atoms with E-state index < -0.39 is 0 Å². The van der Waals surface area contributed by atoms with Gasteiger partial charge >= 0.3 is 0 Å². The van der Waals surface area contributed by atoms with Crippen LogP contribution in [-0.4, -0.2) is 9.97 Å². The average Bonchev–Trinajstić information content (AvgIpc) is 3.11. The Kier molecular flexibility index (Phi) is 6.96. The minimum Gasteiger partial charge on any atom is -0.256 e. The molecule has 8 rings (SSSR count). The van der Waals surface area contributed by atoms with Crippen LogP contribution in [0.1, 0.15) is 11.1 Å². The van der Waals surface area contributed by atoms with Gasteiger partial charge < -0.3 is 0 Å². The minimum atomic E-state index is 0.985. The van der Waals surface area contributed by atoms with Crippen LogP contribution in [0.2, 0.25) is 0 Å². The lowest BCUT2D eigenvalue weighted by atomic mass is 9.84. The van der Waals surface area contributed by atoms with E-state index in [2.05, 4.69) is 147 Å². The quantitative estimate of drug-likeness (QED) is 0.187. The van der Waals surface area contributed by atoms with Gasteiger partial charge in [0.25, 0.3) is 0 Å². The fourth-order valence-electron chi connectivity index (χ4n) is 6.67. The highest BCUT2D eigenvalue weighted by Crippen LogP contribution is 2.45. The van der Waals surface area contributed by atoms with Crippen molar-refractivity contribution in [3.05, 3.63) is 169 Å². The van der Waals surface area contributed by atoms with Crippen LogP contribution in [0.3, 0.4) is 0 Å². The fraction of sp³-hybridized carbons (Fsp3) is 0.0455. The number of hydrogen-bond acceptors (Lipinski definition) is 2. The lowest BCUT2D eigenvalue weighted by Crippen LogP contribution is -1.93. The molecule has 0 amide bonds. The standard InChI is InChI=1S/C44H32N2/c1-29-20-22-45-41(24-29)33-12-8-14-35(26-33)43-37-16-6-7-17-38(37)44(36-15-9-13-34(27-36)42-25-30(2)21-23-46-42)40-28-32(18-19-39(40)43)31-10-4-3-5-11-31/h3-28H,1-2H3. The zero-order valence-corrected chi connectivity index (χ0v) is 25.9. The largest absolute Gasteiger partial charge is 0.256 e. The van der Waals surface area contributed by atoms with Gasteiger partial charge in [-0.3, -0.25) is 9.97 Å². The van der Waals surface area contributed by atoms with Crippen LogP contribution in [-0.2, 0) is 0 Å². The summed E-state index contributed by atoms with van der Waals surface area (Å²) in [5.41, 5.74) is 13.8. The molecular formula is C44H32N2. The highest BCUT2D eigenvalue weighted by molar-refractivity contribution is 6.22. The molecular weight excluding hydrogens is 556 g/mol.